The van der Waals surface area contributed by atoms with Crippen LogP contribution in [0.2, 0.25) is 0 Å². The molecular weight excluding hydrogens is 414 g/mol. The molecule has 1 aromatic carbocycles. The molecule has 34 heavy (non-hydrogen) atoms. The number of hydrogen-bond acceptors (Lipinski definition) is 2. The van der Waals surface area contributed by atoms with E-state index in [9.17, 15) is 0 Å². The van der Waals surface area contributed by atoms with E-state index in [1.807, 2.05) is 12.4 Å². The lowest BCUT2D eigenvalue weighted by Crippen LogP contribution is -2.50. The number of rotatable bonds is 2. The summed E-state index contributed by atoms with van der Waals surface area (Å²) < 4.78 is 6.43. The van der Waals surface area contributed by atoms with E-state index >= 15 is 0 Å². The average molecular weight is 456 g/mol. The van der Waals surface area contributed by atoms with E-state index in [1.165, 1.54) is 54.9 Å². The topological polar surface area (TPSA) is 22.1 Å². The molecule has 0 radical (unpaired) electrons. The Morgan fingerprint density at radius 3 is 2.56 bits per heavy atom. The smallest absolute Gasteiger partial charge is 0.0619 e. The van der Waals surface area contributed by atoms with Crippen LogP contribution in [0.5, 0.6) is 0 Å². The van der Waals surface area contributed by atoms with E-state index in [0.717, 1.165) is 24.2 Å². The molecule has 0 aliphatic heterocycles. The van der Waals surface area contributed by atoms with Gasteiger partial charge < -0.3 is 4.74 Å². The molecule has 1 heterocycles. The maximum atomic E-state index is 6.43. The Kier molecular flexibility index (Phi) is 5.16. The van der Waals surface area contributed by atoms with Gasteiger partial charge in [0.25, 0.3) is 0 Å². The quantitative estimate of drug-likeness (QED) is 0.424. The maximum absolute atomic E-state index is 6.43. The molecule has 6 rings (SSSR count). The largest absolute Gasteiger partial charge is 0.372 e. The van der Waals surface area contributed by atoms with Crippen LogP contribution >= 0.6 is 0 Å². The van der Waals surface area contributed by atoms with Crippen LogP contribution in [0.4, 0.5) is 0 Å². The van der Waals surface area contributed by atoms with E-state index in [-0.39, 0.29) is 5.60 Å². The molecule has 0 unspecified atom stereocenters. The summed E-state index contributed by atoms with van der Waals surface area (Å²) in [6.45, 7) is 11.8. The third-order valence-corrected chi connectivity index (χ3v) is 10.1. The van der Waals surface area contributed by atoms with Crippen LogP contribution in [0, 0.1) is 28.6 Å². The summed E-state index contributed by atoms with van der Waals surface area (Å²) in [6, 6.07) is 9.15. The van der Waals surface area contributed by atoms with Crippen LogP contribution in [-0.2, 0) is 4.74 Å². The number of fused-ring (bicyclic) bond motifs is 6. The van der Waals surface area contributed by atoms with Crippen molar-refractivity contribution in [1.82, 2.24) is 4.98 Å². The van der Waals surface area contributed by atoms with E-state index in [2.05, 4.69) is 76.0 Å². The van der Waals surface area contributed by atoms with Crippen LogP contribution in [0.15, 0.2) is 54.4 Å². The lowest BCUT2D eigenvalue weighted by molar-refractivity contribution is -0.0894. The zero-order valence-electron chi connectivity index (χ0n) is 21.7. The highest BCUT2D eigenvalue weighted by atomic mass is 16.5. The summed E-state index contributed by atoms with van der Waals surface area (Å²) in [5.74, 6) is 2.41. The minimum absolute atomic E-state index is 0.0476. The zero-order chi connectivity index (χ0) is 23.7. The van der Waals surface area contributed by atoms with Gasteiger partial charge in [-0.2, -0.15) is 0 Å². The normalized spacial score (nSPS) is 37.4. The van der Waals surface area contributed by atoms with Crippen molar-refractivity contribution < 1.29 is 4.74 Å². The number of aromatic nitrogens is 1. The number of benzene rings is 1. The van der Waals surface area contributed by atoms with Crippen molar-refractivity contribution in [2.75, 3.05) is 0 Å². The summed E-state index contributed by atoms with van der Waals surface area (Å²) >= 11 is 0. The van der Waals surface area contributed by atoms with Gasteiger partial charge >= 0.3 is 0 Å². The molecular formula is C32H41NO. The maximum Gasteiger partial charge on any atom is 0.0619 e. The molecule has 2 heteroatoms. The fourth-order valence-electron chi connectivity index (χ4n) is 8.49. The van der Waals surface area contributed by atoms with Crippen molar-refractivity contribution in [3.05, 3.63) is 59.9 Å². The van der Waals surface area contributed by atoms with Crippen molar-refractivity contribution in [1.29, 1.82) is 0 Å². The monoisotopic (exact) mass is 455 g/mol. The average Bonchev–Trinajstić information content (AvgIpc) is 3.15. The summed E-state index contributed by atoms with van der Waals surface area (Å²) in [5, 5.41) is 2.54. The van der Waals surface area contributed by atoms with Crippen molar-refractivity contribution in [3.8, 4) is 0 Å². The number of nitrogens with zero attached hydrogens (tertiary/aromatic N) is 1. The predicted octanol–water partition coefficient (Wildman–Crippen LogP) is 8.37. The SMILES string of the molecule is CC(C)(C)O[C@H]1CC[C@@]2(C)C(=CC[C@@H]3[C@@H]2CC[C@]2(C)C(c4ccc5cnccc5c4)=CC[C@@H]32)C1. The first-order chi connectivity index (χ1) is 16.2. The number of allylic oxidation sites excluding steroid dienone is 3. The van der Waals surface area contributed by atoms with Gasteiger partial charge in [-0.05, 0) is 123 Å². The van der Waals surface area contributed by atoms with Crippen molar-refractivity contribution >= 4 is 16.3 Å². The van der Waals surface area contributed by atoms with Crippen molar-refractivity contribution in [2.24, 2.45) is 28.6 Å². The second kappa shape index (κ2) is 7.79. The highest BCUT2D eigenvalue weighted by Crippen LogP contribution is 2.66. The fourth-order valence-corrected chi connectivity index (χ4v) is 8.49. The molecule has 2 aromatic rings. The van der Waals surface area contributed by atoms with Gasteiger partial charge in [0.1, 0.15) is 0 Å². The van der Waals surface area contributed by atoms with E-state index < -0.39 is 0 Å². The first-order valence-electron chi connectivity index (χ1n) is 13.6. The Labute approximate surface area is 205 Å². The predicted molar refractivity (Wildman–Crippen MR) is 141 cm³/mol. The Balaban J connectivity index is 1.26. The van der Waals surface area contributed by atoms with Gasteiger partial charge in [-0.15, -0.1) is 0 Å². The van der Waals surface area contributed by atoms with Gasteiger partial charge in [0.05, 0.1) is 11.7 Å². The second-order valence-corrected chi connectivity index (χ2v) is 13.1. The standard InChI is InChI=1S/C32H41NO/c1-30(2,3)34-25-12-15-31(4)24(19-25)8-9-26-28-11-10-27(32(28,5)16-13-29(26)31)22-6-7-23-20-33-17-14-21(23)18-22/h6-8,10,14,17-18,20,25-26,28-29H,9,11-13,15-16,19H2,1-5H3/t25-,26-,28-,29-,31-,32+/m0/s1. The highest BCUT2D eigenvalue weighted by Gasteiger charge is 2.56. The first kappa shape index (κ1) is 22.5. The Hall–Kier alpha value is -1.93. The van der Waals surface area contributed by atoms with Gasteiger partial charge in [0.15, 0.2) is 0 Å². The third kappa shape index (κ3) is 3.51. The molecule has 0 bridgehead atoms. The molecule has 2 saturated carbocycles. The van der Waals surface area contributed by atoms with Gasteiger partial charge in [-0.25, -0.2) is 0 Å². The molecule has 6 atom stereocenters. The first-order valence-corrected chi connectivity index (χ1v) is 13.6. The molecule has 0 spiro atoms. The summed E-state index contributed by atoms with van der Waals surface area (Å²) in [6.07, 6.45) is 18.4. The minimum Gasteiger partial charge on any atom is -0.372 e. The second-order valence-electron chi connectivity index (χ2n) is 13.1. The third-order valence-electron chi connectivity index (χ3n) is 10.1. The zero-order valence-corrected chi connectivity index (χ0v) is 21.7. The van der Waals surface area contributed by atoms with Crippen LogP contribution in [0.25, 0.3) is 16.3 Å². The summed E-state index contributed by atoms with van der Waals surface area (Å²) in [5.41, 5.74) is 5.38. The lowest BCUT2D eigenvalue weighted by atomic mass is 9.47. The van der Waals surface area contributed by atoms with Crippen LogP contribution in [0.3, 0.4) is 0 Å². The molecule has 2 nitrogen and oxygen atoms in total. The van der Waals surface area contributed by atoms with E-state index in [4.69, 9.17) is 4.74 Å². The lowest BCUT2D eigenvalue weighted by Gasteiger charge is -2.58. The number of pyridine rings is 1. The highest BCUT2D eigenvalue weighted by molar-refractivity contribution is 5.86. The van der Waals surface area contributed by atoms with Gasteiger partial charge in [-0.1, -0.05) is 43.7 Å². The molecule has 4 aliphatic rings. The summed E-state index contributed by atoms with van der Waals surface area (Å²) in [7, 11) is 0. The molecule has 1 aromatic heterocycles. The van der Waals surface area contributed by atoms with Gasteiger partial charge in [-0.3, -0.25) is 4.98 Å². The van der Waals surface area contributed by atoms with Crippen LogP contribution in [0.1, 0.15) is 85.1 Å². The Bertz CT molecular complexity index is 1170. The molecule has 2 fully saturated rings. The van der Waals surface area contributed by atoms with Crippen LogP contribution in [-0.4, -0.2) is 16.7 Å². The van der Waals surface area contributed by atoms with E-state index in [0.29, 0.717) is 16.9 Å². The number of hydrogen-bond donors (Lipinski definition) is 0. The van der Waals surface area contributed by atoms with Crippen molar-refractivity contribution in [2.45, 2.75) is 91.3 Å². The minimum atomic E-state index is -0.0476. The van der Waals surface area contributed by atoms with Crippen LogP contribution < -0.4 is 0 Å². The number of ether oxygens (including phenoxy) is 1. The summed E-state index contributed by atoms with van der Waals surface area (Å²) in [4.78, 5) is 4.30. The fraction of sp³-hybridized carbons (Fsp3) is 0.594. The van der Waals surface area contributed by atoms with E-state index in [1.54, 1.807) is 11.1 Å². The molecule has 180 valence electrons. The molecule has 0 amide bonds. The Morgan fingerprint density at radius 2 is 1.74 bits per heavy atom. The molecule has 4 aliphatic carbocycles. The van der Waals surface area contributed by atoms with Gasteiger partial charge in [0.2, 0.25) is 0 Å². The van der Waals surface area contributed by atoms with Gasteiger partial charge in [0, 0.05) is 17.8 Å². The Morgan fingerprint density at radius 1 is 0.912 bits per heavy atom. The molecule has 0 saturated heterocycles. The van der Waals surface area contributed by atoms with Crippen molar-refractivity contribution in [3.63, 3.8) is 0 Å². The molecule has 0 N–H and O–H groups in total.